The number of aromatic nitrogens is 3. The van der Waals surface area contributed by atoms with Crippen molar-refractivity contribution in [3.63, 3.8) is 0 Å². The van der Waals surface area contributed by atoms with Gasteiger partial charge in [0, 0.05) is 45.5 Å². The number of carbonyl (C=O) groups is 3. The Kier molecular flexibility index (Phi) is 7.36. The number of rotatable bonds is 7. The van der Waals surface area contributed by atoms with Crippen LogP contribution < -0.4 is 10.2 Å². The van der Waals surface area contributed by atoms with Crippen LogP contribution in [0.3, 0.4) is 0 Å². The molecule has 10 heteroatoms. The van der Waals surface area contributed by atoms with Crippen molar-refractivity contribution < 1.29 is 14.4 Å². The fourth-order valence-electron chi connectivity index (χ4n) is 5.33. The average molecular weight is 530 g/mol. The van der Waals surface area contributed by atoms with Crippen molar-refractivity contribution in [2.75, 3.05) is 37.6 Å². The summed E-state index contributed by atoms with van der Waals surface area (Å²) in [6.45, 7) is 9.07. The normalized spacial score (nSPS) is 19.2. The van der Waals surface area contributed by atoms with Crippen molar-refractivity contribution in [3.8, 4) is 0 Å². The number of hydrogen-bond acceptors (Lipinski definition) is 6. The van der Waals surface area contributed by atoms with Crippen molar-refractivity contribution in [1.29, 1.82) is 0 Å². The third kappa shape index (κ3) is 5.10. The number of benzene rings is 1. The van der Waals surface area contributed by atoms with E-state index in [-0.39, 0.29) is 35.7 Å². The molecule has 5 rings (SSSR count). The van der Waals surface area contributed by atoms with Gasteiger partial charge in [-0.3, -0.25) is 14.4 Å². The van der Waals surface area contributed by atoms with Gasteiger partial charge in [0.1, 0.15) is 17.1 Å². The third-order valence-electron chi connectivity index (χ3n) is 7.61. The van der Waals surface area contributed by atoms with E-state index in [1.807, 2.05) is 56.3 Å². The molecule has 204 valence electrons. The molecule has 0 spiro atoms. The molecule has 0 saturated carbocycles. The fraction of sp³-hybridized carbons (Fsp3) is 0.414. The van der Waals surface area contributed by atoms with E-state index in [1.165, 1.54) is 6.33 Å². The molecule has 2 aliphatic heterocycles. The van der Waals surface area contributed by atoms with E-state index in [9.17, 15) is 14.4 Å². The minimum absolute atomic E-state index is 0.148. The molecule has 2 aromatic heterocycles. The second-order valence-corrected chi connectivity index (χ2v) is 10.4. The molecule has 0 radical (unpaired) electrons. The Labute approximate surface area is 228 Å². The second kappa shape index (κ2) is 10.9. The highest BCUT2D eigenvalue weighted by atomic mass is 16.2. The highest BCUT2D eigenvalue weighted by Crippen LogP contribution is 2.30. The van der Waals surface area contributed by atoms with Crippen LogP contribution in [0.1, 0.15) is 52.4 Å². The molecule has 1 unspecified atom stereocenters. The fourth-order valence-corrected chi connectivity index (χ4v) is 5.33. The maximum atomic E-state index is 13.8. The Hall–Kier alpha value is -4.21. The standard InChI is InChI=1S/C29H35N7O3/c1-4-13-36-27(38)25-24(26(37)34-16-14-33(15-17-34)23-7-5-6-12-30-23)32-20-35(25)19-29(36,3)28(39)31-18-22-10-8-21(2)9-11-22/h5-12,20H,4,13-19H2,1-3H3,(H,31,39). The number of fused-ring (bicyclic) bond motifs is 1. The molecule has 1 fully saturated rings. The van der Waals surface area contributed by atoms with Crippen LogP contribution in [0.2, 0.25) is 0 Å². The highest BCUT2D eigenvalue weighted by Gasteiger charge is 2.48. The zero-order valence-corrected chi connectivity index (χ0v) is 22.8. The zero-order valence-electron chi connectivity index (χ0n) is 22.8. The molecule has 1 N–H and O–H groups in total. The van der Waals surface area contributed by atoms with Crippen LogP contribution in [0, 0.1) is 6.92 Å². The predicted molar refractivity (Wildman–Crippen MR) is 147 cm³/mol. The first-order valence-corrected chi connectivity index (χ1v) is 13.5. The van der Waals surface area contributed by atoms with Crippen molar-refractivity contribution >= 4 is 23.5 Å². The van der Waals surface area contributed by atoms with Gasteiger partial charge in [0.15, 0.2) is 5.69 Å². The monoisotopic (exact) mass is 529 g/mol. The quantitative estimate of drug-likeness (QED) is 0.505. The second-order valence-electron chi connectivity index (χ2n) is 10.4. The smallest absolute Gasteiger partial charge is 0.275 e. The summed E-state index contributed by atoms with van der Waals surface area (Å²) in [6, 6.07) is 13.8. The Morgan fingerprint density at radius 1 is 1.03 bits per heavy atom. The van der Waals surface area contributed by atoms with Crippen LogP contribution in [0.15, 0.2) is 55.0 Å². The number of nitrogens with zero attached hydrogens (tertiary/aromatic N) is 6. The van der Waals surface area contributed by atoms with E-state index in [1.54, 1.807) is 27.5 Å². The number of anilines is 1. The minimum Gasteiger partial charge on any atom is -0.353 e. The lowest BCUT2D eigenvalue weighted by molar-refractivity contribution is -0.133. The number of imidazole rings is 1. The molecule has 3 aromatic rings. The highest BCUT2D eigenvalue weighted by molar-refractivity contribution is 6.07. The summed E-state index contributed by atoms with van der Waals surface area (Å²) in [6.07, 6.45) is 3.95. The van der Waals surface area contributed by atoms with E-state index in [0.29, 0.717) is 45.7 Å². The lowest BCUT2D eigenvalue weighted by Gasteiger charge is -2.43. The molecule has 10 nitrogen and oxygen atoms in total. The van der Waals surface area contributed by atoms with Crippen LogP contribution >= 0.6 is 0 Å². The van der Waals surface area contributed by atoms with Crippen molar-refractivity contribution in [3.05, 3.63) is 77.5 Å². The zero-order chi connectivity index (χ0) is 27.6. The van der Waals surface area contributed by atoms with Gasteiger partial charge in [-0.25, -0.2) is 9.97 Å². The molecule has 4 heterocycles. The van der Waals surface area contributed by atoms with Gasteiger partial charge in [-0.15, -0.1) is 0 Å². The van der Waals surface area contributed by atoms with E-state index in [2.05, 4.69) is 20.2 Å². The summed E-state index contributed by atoms with van der Waals surface area (Å²) >= 11 is 0. The summed E-state index contributed by atoms with van der Waals surface area (Å²) in [7, 11) is 0. The third-order valence-corrected chi connectivity index (χ3v) is 7.61. The van der Waals surface area contributed by atoms with E-state index >= 15 is 0 Å². The van der Waals surface area contributed by atoms with E-state index in [4.69, 9.17) is 0 Å². The predicted octanol–water partition coefficient (Wildman–Crippen LogP) is 2.49. The molecule has 3 amide bonds. The van der Waals surface area contributed by atoms with Crippen molar-refractivity contribution in [2.24, 2.45) is 0 Å². The number of piperazine rings is 1. The summed E-state index contributed by atoms with van der Waals surface area (Å²) in [5.74, 6) is 0.0442. The van der Waals surface area contributed by atoms with E-state index < -0.39 is 5.54 Å². The Balaban J connectivity index is 1.32. The van der Waals surface area contributed by atoms with Gasteiger partial charge in [-0.2, -0.15) is 0 Å². The van der Waals surface area contributed by atoms with E-state index in [0.717, 1.165) is 16.9 Å². The largest absolute Gasteiger partial charge is 0.353 e. The summed E-state index contributed by atoms with van der Waals surface area (Å²) in [4.78, 5) is 55.2. The number of carbonyl (C=O) groups excluding carboxylic acids is 3. The maximum Gasteiger partial charge on any atom is 0.275 e. The van der Waals surface area contributed by atoms with Gasteiger partial charge < -0.3 is 24.6 Å². The van der Waals surface area contributed by atoms with Gasteiger partial charge in [-0.05, 0) is 38.0 Å². The summed E-state index contributed by atoms with van der Waals surface area (Å²) in [5, 5.41) is 3.02. The van der Waals surface area contributed by atoms with Gasteiger partial charge in [0.25, 0.3) is 11.8 Å². The lowest BCUT2D eigenvalue weighted by atomic mass is 9.93. The first-order chi connectivity index (χ1) is 18.8. The van der Waals surface area contributed by atoms with Crippen molar-refractivity contribution in [1.82, 2.24) is 29.7 Å². The molecule has 1 aromatic carbocycles. The SMILES string of the molecule is CCCN1C(=O)c2c(C(=O)N3CCN(c4ccccn4)CC3)ncn2CC1(C)C(=O)NCc1ccc(C)cc1. The molecule has 39 heavy (non-hydrogen) atoms. The number of nitrogens with one attached hydrogen (secondary N) is 1. The van der Waals surface area contributed by atoms with Crippen LogP contribution in [0.25, 0.3) is 0 Å². The first kappa shape index (κ1) is 26.4. The molecule has 2 aliphatic rings. The molecular formula is C29H35N7O3. The maximum absolute atomic E-state index is 13.8. The molecule has 0 bridgehead atoms. The molecular weight excluding hydrogens is 494 g/mol. The summed E-state index contributed by atoms with van der Waals surface area (Å²) in [5.41, 5.74) is 1.43. The van der Waals surface area contributed by atoms with Crippen molar-refractivity contribution in [2.45, 2.75) is 45.8 Å². The van der Waals surface area contributed by atoms with Crippen LogP contribution in [-0.2, 0) is 17.9 Å². The Bertz CT molecular complexity index is 1350. The number of amides is 3. The number of hydrogen-bond donors (Lipinski definition) is 1. The van der Waals surface area contributed by atoms with Crippen LogP contribution in [0.4, 0.5) is 5.82 Å². The topological polar surface area (TPSA) is 104 Å². The van der Waals surface area contributed by atoms with Gasteiger partial charge in [0.2, 0.25) is 5.91 Å². The Morgan fingerprint density at radius 2 is 1.77 bits per heavy atom. The average Bonchev–Trinajstić information content (AvgIpc) is 3.38. The van der Waals surface area contributed by atoms with Gasteiger partial charge >= 0.3 is 0 Å². The molecule has 0 aliphatic carbocycles. The molecule has 1 saturated heterocycles. The van der Waals surface area contributed by atoms with Crippen LogP contribution in [-0.4, -0.2) is 80.3 Å². The summed E-state index contributed by atoms with van der Waals surface area (Å²) < 4.78 is 1.66. The van der Waals surface area contributed by atoms with Crippen LogP contribution in [0.5, 0.6) is 0 Å². The Morgan fingerprint density at radius 3 is 2.44 bits per heavy atom. The lowest BCUT2D eigenvalue weighted by Crippen LogP contribution is -2.64. The minimum atomic E-state index is -1.11. The van der Waals surface area contributed by atoms with Gasteiger partial charge in [-0.1, -0.05) is 42.8 Å². The number of pyridine rings is 1. The molecule has 1 atom stereocenters. The first-order valence-electron chi connectivity index (χ1n) is 13.5. The van der Waals surface area contributed by atoms with Gasteiger partial charge in [0.05, 0.1) is 12.9 Å². The number of aryl methyl sites for hydroxylation is 1.